The van der Waals surface area contributed by atoms with Gasteiger partial charge in [-0.25, -0.2) is 9.59 Å². The lowest BCUT2D eigenvalue weighted by molar-refractivity contribution is -0.474. The van der Waals surface area contributed by atoms with Gasteiger partial charge in [-0.3, -0.25) is 14.4 Å². The van der Waals surface area contributed by atoms with Crippen molar-refractivity contribution in [3.05, 3.63) is 47.5 Å². The Bertz CT molecular complexity index is 1880. The van der Waals surface area contributed by atoms with Crippen LogP contribution < -0.4 is 0 Å². The second kappa shape index (κ2) is 10.4. The Labute approximate surface area is 300 Å². The fourth-order valence-corrected chi connectivity index (χ4v) is 12.4. The normalized spacial score (nSPS) is 47.5. The van der Waals surface area contributed by atoms with Crippen molar-refractivity contribution < 1.29 is 66.3 Å². The van der Waals surface area contributed by atoms with Crippen LogP contribution in [0.1, 0.15) is 92.7 Å². The van der Waals surface area contributed by atoms with Crippen molar-refractivity contribution in [2.24, 2.45) is 22.2 Å². The topological polar surface area (TPSA) is 172 Å². The first-order valence-electron chi connectivity index (χ1n) is 17.6. The Morgan fingerprint density at radius 1 is 0.942 bits per heavy atom. The zero-order chi connectivity index (χ0) is 37.7. The first-order valence-corrected chi connectivity index (χ1v) is 17.6. The summed E-state index contributed by atoms with van der Waals surface area (Å²) in [6.07, 6.45) is 2.61. The summed E-state index contributed by atoms with van der Waals surface area (Å²) in [5, 5.41) is 0. The molecule has 3 aliphatic heterocycles. The molecule has 0 amide bonds. The van der Waals surface area contributed by atoms with Crippen molar-refractivity contribution >= 4 is 29.8 Å². The van der Waals surface area contributed by atoms with E-state index in [4.69, 9.17) is 42.3 Å². The molecule has 12 unspecified atom stereocenters. The predicted molar refractivity (Wildman–Crippen MR) is 173 cm³/mol. The minimum atomic E-state index is -2.10. The molecule has 4 bridgehead atoms. The number of rotatable bonds is 7. The maximum Gasteiger partial charge on any atom is 0.333 e. The molecule has 4 saturated carbocycles. The van der Waals surface area contributed by atoms with E-state index in [9.17, 15) is 24.0 Å². The maximum absolute atomic E-state index is 13.9. The number of carbonyl (C=O) groups excluding carboxylic acids is 5. The molecular weight excluding hydrogens is 680 g/mol. The molecule has 7 aliphatic rings. The van der Waals surface area contributed by atoms with Crippen LogP contribution in [-0.2, 0) is 61.9 Å². The van der Waals surface area contributed by atoms with Crippen LogP contribution >= 0.6 is 0 Å². The van der Waals surface area contributed by atoms with E-state index < -0.39 is 98.7 Å². The molecule has 0 N–H and O–H groups in total. The van der Waals surface area contributed by atoms with Crippen molar-refractivity contribution in [1.82, 2.24) is 0 Å². The van der Waals surface area contributed by atoms with Crippen LogP contribution in [0.5, 0.6) is 0 Å². The summed E-state index contributed by atoms with van der Waals surface area (Å²) in [4.78, 5) is 68.4. The van der Waals surface area contributed by atoms with Gasteiger partial charge in [0.05, 0.1) is 19.6 Å². The van der Waals surface area contributed by atoms with Gasteiger partial charge in [0.1, 0.15) is 17.3 Å². The van der Waals surface area contributed by atoms with E-state index in [2.05, 4.69) is 0 Å². The number of furan rings is 1. The molecule has 4 heterocycles. The van der Waals surface area contributed by atoms with Gasteiger partial charge < -0.3 is 42.3 Å². The van der Waals surface area contributed by atoms with Crippen LogP contribution in [0.15, 0.2) is 46.3 Å². The number of hydrogen-bond acceptors (Lipinski definition) is 14. The van der Waals surface area contributed by atoms with Crippen molar-refractivity contribution in [3.63, 3.8) is 0 Å². The van der Waals surface area contributed by atoms with Gasteiger partial charge >= 0.3 is 29.8 Å². The maximum atomic E-state index is 13.9. The van der Waals surface area contributed by atoms with Crippen molar-refractivity contribution in [1.29, 1.82) is 0 Å². The largest absolute Gasteiger partial charge is 0.472 e. The fraction of sp³-hybridized carbons (Fsp3) is 0.658. The molecule has 4 aliphatic carbocycles. The Morgan fingerprint density at radius 3 is 2.27 bits per heavy atom. The van der Waals surface area contributed by atoms with E-state index in [0.29, 0.717) is 17.6 Å². The molecule has 280 valence electrons. The SMILES string of the molecule is CC=C(C)C(=O)OC1C2(C)CC34OC5(C)OC6(C7=CC(=O)OC(c8ccoc8)C7(C)CCC6(O5)C3(C)C2CC(=O)OC)C(OC(C)=O)C14OC(C)=O. The third kappa shape index (κ3) is 3.59. The first-order chi connectivity index (χ1) is 24.3. The number of allylic oxidation sites excluding steroid dienone is 1. The second-order valence-corrected chi connectivity index (χ2v) is 16.3. The minimum Gasteiger partial charge on any atom is -0.472 e. The summed E-state index contributed by atoms with van der Waals surface area (Å²) in [5.74, 6) is -6.05. The average molecular weight is 725 g/mol. The third-order valence-electron chi connectivity index (χ3n) is 14.0. The summed E-state index contributed by atoms with van der Waals surface area (Å²) in [5.41, 5.74) is -9.45. The van der Waals surface area contributed by atoms with Gasteiger partial charge in [0, 0.05) is 60.6 Å². The van der Waals surface area contributed by atoms with Crippen LogP contribution in [0.2, 0.25) is 0 Å². The lowest BCUT2D eigenvalue weighted by Crippen LogP contribution is -2.93. The van der Waals surface area contributed by atoms with Crippen molar-refractivity contribution in [2.75, 3.05) is 7.11 Å². The molecule has 2 spiro atoms. The van der Waals surface area contributed by atoms with E-state index in [1.54, 1.807) is 32.9 Å². The highest BCUT2D eigenvalue weighted by Crippen LogP contribution is 2.90. The van der Waals surface area contributed by atoms with E-state index in [1.165, 1.54) is 39.6 Å². The van der Waals surface area contributed by atoms with Gasteiger partial charge in [0.2, 0.25) is 5.60 Å². The molecule has 14 nitrogen and oxygen atoms in total. The smallest absolute Gasteiger partial charge is 0.333 e. The van der Waals surface area contributed by atoms with E-state index in [1.807, 2.05) is 20.8 Å². The Hall–Kier alpha value is -4.01. The lowest BCUT2D eigenvalue weighted by Gasteiger charge is -2.76. The molecule has 12 atom stereocenters. The van der Waals surface area contributed by atoms with Crippen molar-refractivity contribution in [2.45, 2.75) is 128 Å². The molecule has 0 radical (unpaired) electrons. The summed E-state index contributed by atoms with van der Waals surface area (Å²) in [6.45, 7) is 13.0. The predicted octanol–water partition coefficient (Wildman–Crippen LogP) is 4.31. The Kier molecular flexibility index (Phi) is 6.98. The molecular formula is C38H44O14. The molecule has 2 saturated heterocycles. The summed E-state index contributed by atoms with van der Waals surface area (Å²) in [6, 6.07) is 1.71. The highest BCUT2D eigenvalue weighted by Gasteiger charge is 3.04. The van der Waals surface area contributed by atoms with Crippen LogP contribution in [0.4, 0.5) is 0 Å². The zero-order valence-electron chi connectivity index (χ0n) is 30.7. The number of ether oxygens (including phenoxy) is 8. The molecule has 1 aromatic rings. The van der Waals surface area contributed by atoms with Gasteiger partial charge in [-0.2, -0.15) is 0 Å². The Morgan fingerprint density at radius 2 is 1.65 bits per heavy atom. The van der Waals surface area contributed by atoms with Crippen LogP contribution in [0, 0.1) is 22.2 Å². The zero-order valence-corrected chi connectivity index (χ0v) is 30.7. The molecule has 52 heavy (non-hydrogen) atoms. The number of hydrogen-bond donors (Lipinski definition) is 0. The lowest BCUT2D eigenvalue weighted by atomic mass is 9.34. The summed E-state index contributed by atoms with van der Waals surface area (Å²) in [7, 11) is 1.29. The second-order valence-electron chi connectivity index (χ2n) is 16.3. The molecule has 1 aromatic heterocycles. The highest BCUT2D eigenvalue weighted by molar-refractivity contribution is 5.88. The molecule has 6 fully saturated rings. The molecule has 8 rings (SSSR count). The Balaban J connectivity index is 1.51. The number of fused-ring (bicyclic) bond motifs is 3. The highest BCUT2D eigenvalue weighted by atomic mass is 16.9. The van der Waals surface area contributed by atoms with Gasteiger partial charge in [-0.15, -0.1) is 0 Å². The number of methoxy groups -OCH3 is 1. The van der Waals surface area contributed by atoms with Crippen LogP contribution in [0.25, 0.3) is 0 Å². The van der Waals surface area contributed by atoms with Gasteiger partial charge in [-0.05, 0) is 50.7 Å². The average Bonchev–Trinajstić information content (AvgIpc) is 3.77. The van der Waals surface area contributed by atoms with E-state index >= 15 is 0 Å². The van der Waals surface area contributed by atoms with Gasteiger partial charge in [0.25, 0.3) is 5.97 Å². The molecule has 0 aromatic carbocycles. The first kappa shape index (κ1) is 35.0. The van der Waals surface area contributed by atoms with E-state index in [-0.39, 0.29) is 24.8 Å². The van der Waals surface area contributed by atoms with Crippen LogP contribution in [0.3, 0.4) is 0 Å². The standard InChI is InChI=1S/C38H44O14/c1-10-19(2)28(43)48-29-32(6)18-36-33(7,23(32)15-25(41)44-9)35-13-12-31(5)24(16-26(42)47-27(31)22-11-14-45-17-22)37(35,52-34(8,50-35)51-36)30(46-20(3)39)38(29,36)49-21(4)40/h10-11,14,16-17,23,27,29-30H,12-13,15,18H2,1-9H3. The van der Waals surface area contributed by atoms with Gasteiger partial charge in [-0.1, -0.05) is 26.8 Å². The minimum absolute atomic E-state index is 0.0895. The van der Waals surface area contributed by atoms with E-state index in [0.717, 1.165) is 0 Å². The van der Waals surface area contributed by atoms with Crippen LogP contribution in [-0.4, -0.2) is 77.5 Å². The van der Waals surface area contributed by atoms with Crippen molar-refractivity contribution in [3.8, 4) is 0 Å². The quantitative estimate of drug-likeness (QED) is 0.221. The number of carbonyl (C=O) groups is 5. The van der Waals surface area contributed by atoms with Gasteiger partial charge in [0.15, 0.2) is 17.8 Å². The summed E-state index contributed by atoms with van der Waals surface area (Å²) >= 11 is 0. The number of esters is 5. The number of cyclic esters (lactones) is 1. The third-order valence-corrected chi connectivity index (χ3v) is 14.0. The fourth-order valence-electron chi connectivity index (χ4n) is 12.4. The molecule has 14 heteroatoms. The summed E-state index contributed by atoms with van der Waals surface area (Å²) < 4.78 is 57.7. The monoisotopic (exact) mass is 724 g/mol.